The first-order valence-electron chi connectivity index (χ1n) is 12.0. The molecule has 1 atom stereocenters. The van der Waals surface area contributed by atoms with Gasteiger partial charge in [-0.05, 0) is 72.2 Å². The summed E-state index contributed by atoms with van der Waals surface area (Å²) < 4.78 is 2.54. The third-order valence-corrected chi connectivity index (χ3v) is 7.62. The molecule has 0 radical (unpaired) electrons. The zero-order chi connectivity index (χ0) is 24.0. The number of rotatable bonds is 5. The van der Waals surface area contributed by atoms with Crippen LogP contribution in [0.1, 0.15) is 66.4 Å². The second kappa shape index (κ2) is 8.78. The monoisotopic (exact) mass is 480 g/mol. The highest BCUT2D eigenvalue weighted by Gasteiger charge is 2.36. The summed E-state index contributed by atoms with van der Waals surface area (Å²) in [6, 6.07) is 7.66. The van der Waals surface area contributed by atoms with Gasteiger partial charge in [0.25, 0.3) is 11.8 Å². The summed E-state index contributed by atoms with van der Waals surface area (Å²) in [4.78, 5) is 35.6. The molecule has 2 fully saturated rings. The highest BCUT2D eigenvalue weighted by molar-refractivity contribution is 7.22. The van der Waals surface area contributed by atoms with Gasteiger partial charge in [-0.3, -0.25) is 14.9 Å². The van der Waals surface area contributed by atoms with E-state index < -0.39 is 0 Å². The summed E-state index contributed by atoms with van der Waals surface area (Å²) in [7, 11) is 0. The lowest BCUT2D eigenvalue weighted by atomic mass is 10.1. The Labute approximate surface area is 203 Å². The maximum atomic E-state index is 13.7. The minimum absolute atomic E-state index is 0.0314. The van der Waals surface area contributed by atoms with E-state index in [1.165, 1.54) is 17.8 Å². The largest absolute Gasteiger partial charge is 0.333 e. The number of hydrogen-bond acceptors (Lipinski definition) is 6. The number of anilines is 1. The van der Waals surface area contributed by atoms with Crippen LogP contribution < -0.4 is 5.32 Å². The fourth-order valence-corrected chi connectivity index (χ4v) is 5.55. The summed E-state index contributed by atoms with van der Waals surface area (Å²) in [5.74, 6) is -0.246. The minimum atomic E-state index is -0.356. The highest BCUT2D eigenvalue weighted by atomic mass is 32.1. The Morgan fingerprint density at radius 1 is 1.12 bits per heavy atom. The number of benzene rings is 1. The molecule has 8 nitrogen and oxygen atoms in total. The van der Waals surface area contributed by atoms with Crippen LogP contribution in [0.5, 0.6) is 0 Å². The Kier molecular flexibility index (Phi) is 5.93. The second-order valence-electron chi connectivity index (χ2n) is 10.4. The molecule has 180 valence electrons. The molecule has 0 saturated carbocycles. The SMILES string of the molecule is Cc1ccc(C(=O)Nc2nc3c(s2)c(C(=O)N2CCC[C@H]2CN2CCC2)nn3C(C)(C)C)cc1. The minimum Gasteiger partial charge on any atom is -0.333 e. The quantitative estimate of drug-likeness (QED) is 0.594. The Bertz CT molecular complexity index is 1220. The second-order valence-corrected chi connectivity index (χ2v) is 11.4. The molecule has 2 saturated heterocycles. The first kappa shape index (κ1) is 23.0. The van der Waals surface area contributed by atoms with Gasteiger partial charge in [0.05, 0.1) is 5.54 Å². The number of nitrogens with zero attached hydrogens (tertiary/aromatic N) is 5. The Morgan fingerprint density at radius 2 is 1.85 bits per heavy atom. The van der Waals surface area contributed by atoms with Crippen LogP contribution in [0.25, 0.3) is 10.3 Å². The highest BCUT2D eigenvalue weighted by Crippen LogP contribution is 2.34. The van der Waals surface area contributed by atoms with Crippen molar-refractivity contribution in [3.05, 3.63) is 41.1 Å². The molecular formula is C25H32N6O2S. The number of hydrogen-bond donors (Lipinski definition) is 1. The zero-order valence-corrected chi connectivity index (χ0v) is 21.1. The number of fused-ring (bicyclic) bond motifs is 1. The van der Waals surface area contributed by atoms with Gasteiger partial charge in [-0.1, -0.05) is 29.0 Å². The summed E-state index contributed by atoms with van der Waals surface area (Å²) in [5, 5.41) is 8.14. The summed E-state index contributed by atoms with van der Waals surface area (Å²) in [5.41, 5.74) is 2.39. The molecule has 5 rings (SSSR count). The van der Waals surface area contributed by atoms with Gasteiger partial charge in [0.1, 0.15) is 4.70 Å². The first-order chi connectivity index (χ1) is 16.2. The van der Waals surface area contributed by atoms with Crippen molar-refractivity contribution in [2.75, 3.05) is 31.5 Å². The molecule has 2 aliphatic rings. The van der Waals surface area contributed by atoms with E-state index in [4.69, 9.17) is 5.10 Å². The molecule has 2 aromatic heterocycles. The fourth-order valence-electron chi connectivity index (χ4n) is 4.63. The van der Waals surface area contributed by atoms with Crippen molar-refractivity contribution in [1.82, 2.24) is 24.6 Å². The van der Waals surface area contributed by atoms with E-state index in [0.29, 0.717) is 22.0 Å². The average molecular weight is 481 g/mol. The van der Waals surface area contributed by atoms with Crippen LogP contribution in [-0.4, -0.2) is 68.6 Å². The molecule has 1 aromatic carbocycles. The van der Waals surface area contributed by atoms with Gasteiger partial charge < -0.3 is 9.80 Å². The van der Waals surface area contributed by atoms with Crippen LogP contribution in [-0.2, 0) is 5.54 Å². The van der Waals surface area contributed by atoms with Gasteiger partial charge in [-0.25, -0.2) is 4.68 Å². The molecule has 0 spiro atoms. The maximum absolute atomic E-state index is 13.7. The fraction of sp³-hybridized carbons (Fsp3) is 0.520. The van der Waals surface area contributed by atoms with Crippen molar-refractivity contribution >= 4 is 38.6 Å². The number of likely N-dealkylation sites (tertiary alicyclic amines) is 2. The number of carbonyl (C=O) groups is 2. The number of carbonyl (C=O) groups excluding carboxylic acids is 2. The van der Waals surface area contributed by atoms with Gasteiger partial charge in [0.15, 0.2) is 16.5 Å². The van der Waals surface area contributed by atoms with Crippen molar-refractivity contribution in [3.8, 4) is 0 Å². The van der Waals surface area contributed by atoms with Gasteiger partial charge in [-0.2, -0.15) is 10.1 Å². The molecule has 0 unspecified atom stereocenters. The molecule has 34 heavy (non-hydrogen) atoms. The van der Waals surface area contributed by atoms with E-state index >= 15 is 0 Å². The first-order valence-corrected chi connectivity index (χ1v) is 12.8. The van der Waals surface area contributed by atoms with Crippen molar-refractivity contribution in [2.45, 2.75) is 58.5 Å². The van der Waals surface area contributed by atoms with Crippen molar-refractivity contribution in [2.24, 2.45) is 0 Å². The maximum Gasteiger partial charge on any atom is 0.276 e. The third kappa shape index (κ3) is 4.34. The van der Waals surface area contributed by atoms with Crippen molar-refractivity contribution in [1.29, 1.82) is 0 Å². The Balaban J connectivity index is 1.45. The third-order valence-electron chi connectivity index (χ3n) is 6.65. The number of thiazole rings is 1. The smallest absolute Gasteiger partial charge is 0.276 e. The molecule has 0 aliphatic carbocycles. The number of amides is 2. The van der Waals surface area contributed by atoms with Crippen LogP contribution >= 0.6 is 11.3 Å². The average Bonchev–Trinajstić information content (AvgIpc) is 3.45. The Morgan fingerprint density at radius 3 is 2.50 bits per heavy atom. The van der Waals surface area contributed by atoms with Crippen LogP contribution in [0, 0.1) is 6.92 Å². The molecule has 0 bridgehead atoms. The zero-order valence-electron chi connectivity index (χ0n) is 20.3. The lowest BCUT2D eigenvalue weighted by Crippen LogP contribution is -2.47. The molecule has 2 amide bonds. The number of nitrogens with one attached hydrogen (secondary N) is 1. The van der Waals surface area contributed by atoms with E-state index in [9.17, 15) is 9.59 Å². The lowest BCUT2D eigenvalue weighted by Gasteiger charge is -2.35. The van der Waals surface area contributed by atoms with Gasteiger partial charge >= 0.3 is 0 Å². The summed E-state index contributed by atoms with van der Waals surface area (Å²) in [6.07, 6.45) is 3.30. The lowest BCUT2D eigenvalue weighted by molar-refractivity contribution is 0.0656. The van der Waals surface area contributed by atoms with E-state index in [2.05, 4.69) is 15.2 Å². The molecule has 3 aromatic rings. The van der Waals surface area contributed by atoms with Gasteiger partial charge in [-0.15, -0.1) is 0 Å². The number of aromatic nitrogens is 3. The Hall–Kier alpha value is -2.78. The van der Waals surface area contributed by atoms with E-state index in [-0.39, 0.29) is 23.4 Å². The molecule has 1 N–H and O–H groups in total. The predicted octanol–water partition coefficient (Wildman–Crippen LogP) is 4.12. The van der Waals surface area contributed by atoms with Crippen LogP contribution in [0.3, 0.4) is 0 Å². The van der Waals surface area contributed by atoms with Crippen LogP contribution in [0.2, 0.25) is 0 Å². The van der Waals surface area contributed by atoms with E-state index in [1.807, 2.05) is 49.4 Å². The van der Waals surface area contributed by atoms with Crippen LogP contribution in [0.4, 0.5) is 5.13 Å². The van der Waals surface area contributed by atoms with E-state index in [0.717, 1.165) is 49.3 Å². The normalized spacial score (nSPS) is 18.9. The summed E-state index contributed by atoms with van der Waals surface area (Å²) >= 11 is 1.32. The van der Waals surface area contributed by atoms with Crippen molar-refractivity contribution in [3.63, 3.8) is 0 Å². The molecule has 9 heteroatoms. The standard InChI is InChI=1S/C25H32N6O2S/c1-16-8-10-17(11-9-16)22(32)27-24-26-21-20(34-24)19(28-31(21)25(2,3)4)23(33)30-14-5-7-18(30)15-29-12-6-13-29/h8-11,18H,5-7,12-15H2,1-4H3,(H,26,27,32)/t18-/m0/s1. The van der Waals surface area contributed by atoms with E-state index in [1.54, 1.807) is 12.1 Å². The van der Waals surface area contributed by atoms with Crippen molar-refractivity contribution < 1.29 is 9.59 Å². The molecular weight excluding hydrogens is 448 g/mol. The number of aryl methyl sites for hydroxylation is 1. The van der Waals surface area contributed by atoms with Gasteiger partial charge in [0, 0.05) is 24.7 Å². The summed E-state index contributed by atoms with van der Waals surface area (Å²) in [6.45, 7) is 12.1. The van der Waals surface area contributed by atoms with Crippen LogP contribution in [0.15, 0.2) is 24.3 Å². The topological polar surface area (TPSA) is 83.4 Å². The predicted molar refractivity (Wildman–Crippen MR) is 135 cm³/mol. The van der Waals surface area contributed by atoms with Gasteiger partial charge in [0.2, 0.25) is 0 Å². The molecule has 2 aliphatic heterocycles. The molecule has 4 heterocycles.